The van der Waals surface area contributed by atoms with Crippen molar-refractivity contribution in [2.45, 2.75) is 18.2 Å². The normalized spacial score (nSPS) is 16.6. The van der Waals surface area contributed by atoms with Crippen molar-refractivity contribution in [3.05, 3.63) is 24.3 Å². The number of piperazine rings is 1. The van der Waals surface area contributed by atoms with Crippen molar-refractivity contribution >= 4 is 27.5 Å². The van der Waals surface area contributed by atoms with E-state index in [2.05, 4.69) is 20.8 Å². The van der Waals surface area contributed by atoms with Crippen LogP contribution in [0.1, 0.15) is 13.8 Å². The minimum atomic E-state index is -0.510. The zero-order valence-electron chi connectivity index (χ0n) is 11.3. The molecule has 1 amide bonds. The standard InChI is InChI=1S/C14H19BrN2O2/c1-14(2,15)13(19)17-9-7-16(8-10-17)11-5-3-4-6-12(11)18/h3-6,18H,7-10H2,1-2H3. The molecule has 0 aliphatic carbocycles. The predicted octanol–water partition coefficient (Wildman–Crippen LogP) is 2.21. The Morgan fingerprint density at radius 2 is 1.79 bits per heavy atom. The molecule has 1 aliphatic heterocycles. The minimum absolute atomic E-state index is 0.115. The van der Waals surface area contributed by atoms with Gasteiger partial charge < -0.3 is 14.9 Å². The lowest BCUT2D eigenvalue weighted by Crippen LogP contribution is -2.52. The maximum absolute atomic E-state index is 12.1. The van der Waals surface area contributed by atoms with Crippen LogP contribution in [-0.2, 0) is 4.79 Å². The molecule has 1 aliphatic rings. The molecule has 4 nitrogen and oxygen atoms in total. The molecule has 1 N–H and O–H groups in total. The average molecular weight is 327 g/mol. The summed E-state index contributed by atoms with van der Waals surface area (Å²) in [5.41, 5.74) is 0.840. The second kappa shape index (κ2) is 5.41. The van der Waals surface area contributed by atoms with Gasteiger partial charge in [-0.15, -0.1) is 0 Å². The topological polar surface area (TPSA) is 43.8 Å². The van der Waals surface area contributed by atoms with Gasteiger partial charge in [0, 0.05) is 26.2 Å². The van der Waals surface area contributed by atoms with E-state index in [-0.39, 0.29) is 5.91 Å². The van der Waals surface area contributed by atoms with Gasteiger partial charge in [0.15, 0.2) is 0 Å². The fourth-order valence-corrected chi connectivity index (χ4v) is 2.51. The number of halogens is 1. The summed E-state index contributed by atoms with van der Waals surface area (Å²) in [6.45, 7) is 6.58. The summed E-state index contributed by atoms with van der Waals surface area (Å²) in [6.07, 6.45) is 0. The van der Waals surface area contributed by atoms with Crippen molar-refractivity contribution in [2.24, 2.45) is 0 Å². The maximum atomic E-state index is 12.1. The van der Waals surface area contributed by atoms with Gasteiger partial charge in [-0.05, 0) is 26.0 Å². The first kappa shape index (κ1) is 14.2. The summed E-state index contributed by atoms with van der Waals surface area (Å²) in [5.74, 6) is 0.410. The number of carbonyl (C=O) groups is 1. The zero-order valence-corrected chi connectivity index (χ0v) is 12.9. The number of phenolic OH excluding ortho intramolecular Hbond substituents is 1. The summed E-state index contributed by atoms with van der Waals surface area (Å²) in [6, 6.07) is 7.32. The van der Waals surface area contributed by atoms with Crippen molar-refractivity contribution in [1.29, 1.82) is 0 Å². The van der Waals surface area contributed by atoms with Crippen LogP contribution in [0.2, 0.25) is 0 Å². The van der Waals surface area contributed by atoms with Crippen LogP contribution in [0, 0.1) is 0 Å². The predicted molar refractivity (Wildman–Crippen MR) is 79.9 cm³/mol. The first-order valence-electron chi connectivity index (χ1n) is 6.41. The van der Waals surface area contributed by atoms with E-state index in [4.69, 9.17) is 0 Å². The molecule has 0 saturated carbocycles. The van der Waals surface area contributed by atoms with Crippen molar-refractivity contribution in [3.8, 4) is 5.75 Å². The van der Waals surface area contributed by atoms with E-state index < -0.39 is 4.32 Å². The molecular formula is C14H19BrN2O2. The third kappa shape index (κ3) is 3.21. The van der Waals surface area contributed by atoms with E-state index in [0.29, 0.717) is 18.8 Å². The molecule has 2 rings (SSSR count). The van der Waals surface area contributed by atoms with Crippen LogP contribution in [0.4, 0.5) is 5.69 Å². The number of carbonyl (C=O) groups excluding carboxylic acids is 1. The van der Waals surface area contributed by atoms with E-state index in [9.17, 15) is 9.90 Å². The molecule has 0 aromatic heterocycles. The Kier molecular flexibility index (Phi) is 4.04. The molecule has 0 unspecified atom stereocenters. The quantitative estimate of drug-likeness (QED) is 0.847. The number of aromatic hydroxyl groups is 1. The van der Waals surface area contributed by atoms with Crippen LogP contribution in [0.15, 0.2) is 24.3 Å². The number of amides is 1. The Labute approximate surface area is 122 Å². The van der Waals surface area contributed by atoms with Crippen LogP contribution < -0.4 is 4.90 Å². The molecule has 5 heteroatoms. The Morgan fingerprint density at radius 3 is 2.32 bits per heavy atom. The molecule has 1 heterocycles. The lowest BCUT2D eigenvalue weighted by molar-refractivity contribution is -0.133. The van der Waals surface area contributed by atoms with E-state index >= 15 is 0 Å². The van der Waals surface area contributed by atoms with Crippen LogP contribution in [0.25, 0.3) is 0 Å². The summed E-state index contributed by atoms with van der Waals surface area (Å²) in [4.78, 5) is 16.1. The van der Waals surface area contributed by atoms with Crippen LogP contribution in [0.3, 0.4) is 0 Å². The number of phenols is 1. The van der Waals surface area contributed by atoms with Gasteiger partial charge in [-0.3, -0.25) is 4.79 Å². The molecule has 0 bridgehead atoms. The molecule has 0 radical (unpaired) electrons. The van der Waals surface area contributed by atoms with Gasteiger partial charge in [0.05, 0.1) is 10.0 Å². The zero-order chi connectivity index (χ0) is 14.0. The number of para-hydroxylation sites is 2. The van der Waals surface area contributed by atoms with Crippen molar-refractivity contribution in [2.75, 3.05) is 31.1 Å². The minimum Gasteiger partial charge on any atom is -0.506 e. The average Bonchev–Trinajstić information content (AvgIpc) is 2.38. The van der Waals surface area contributed by atoms with Crippen LogP contribution in [-0.4, -0.2) is 46.4 Å². The number of rotatable bonds is 2. The molecule has 0 atom stereocenters. The van der Waals surface area contributed by atoms with Gasteiger partial charge in [0.25, 0.3) is 0 Å². The summed E-state index contributed by atoms with van der Waals surface area (Å²) in [5, 5.41) is 9.84. The second-order valence-electron chi connectivity index (χ2n) is 5.24. The largest absolute Gasteiger partial charge is 0.506 e. The Morgan fingerprint density at radius 1 is 1.21 bits per heavy atom. The lowest BCUT2D eigenvalue weighted by atomic mass is 10.1. The number of nitrogens with zero attached hydrogens (tertiary/aromatic N) is 2. The molecule has 104 valence electrons. The number of hydrogen-bond acceptors (Lipinski definition) is 3. The molecule has 1 aromatic rings. The van der Waals surface area contributed by atoms with Crippen LogP contribution >= 0.6 is 15.9 Å². The molecule has 19 heavy (non-hydrogen) atoms. The van der Waals surface area contributed by atoms with Gasteiger partial charge in [0.1, 0.15) is 5.75 Å². The van der Waals surface area contributed by atoms with Gasteiger partial charge in [0.2, 0.25) is 5.91 Å². The number of anilines is 1. The van der Waals surface area contributed by atoms with E-state index in [1.54, 1.807) is 6.07 Å². The van der Waals surface area contributed by atoms with Gasteiger partial charge in [-0.2, -0.15) is 0 Å². The van der Waals surface area contributed by atoms with Gasteiger partial charge in [-0.25, -0.2) is 0 Å². The third-order valence-corrected chi connectivity index (χ3v) is 3.64. The van der Waals surface area contributed by atoms with E-state index in [1.807, 2.05) is 36.9 Å². The number of benzene rings is 1. The monoisotopic (exact) mass is 326 g/mol. The van der Waals surface area contributed by atoms with Gasteiger partial charge in [-0.1, -0.05) is 28.1 Å². The molecule has 1 aromatic carbocycles. The number of hydrogen-bond donors (Lipinski definition) is 1. The molecule has 1 saturated heterocycles. The smallest absolute Gasteiger partial charge is 0.239 e. The molecular weight excluding hydrogens is 308 g/mol. The first-order chi connectivity index (χ1) is 8.89. The van der Waals surface area contributed by atoms with Crippen molar-refractivity contribution < 1.29 is 9.90 Å². The molecule has 0 spiro atoms. The highest BCUT2D eigenvalue weighted by molar-refractivity contribution is 9.10. The van der Waals surface area contributed by atoms with Gasteiger partial charge >= 0.3 is 0 Å². The summed E-state index contributed by atoms with van der Waals surface area (Å²) >= 11 is 3.41. The summed E-state index contributed by atoms with van der Waals surface area (Å²) in [7, 11) is 0. The fourth-order valence-electron chi connectivity index (χ4n) is 2.26. The maximum Gasteiger partial charge on any atom is 0.239 e. The van der Waals surface area contributed by atoms with E-state index in [1.165, 1.54) is 0 Å². The third-order valence-electron chi connectivity index (χ3n) is 3.30. The highest BCUT2D eigenvalue weighted by atomic mass is 79.9. The van der Waals surface area contributed by atoms with Crippen molar-refractivity contribution in [3.63, 3.8) is 0 Å². The van der Waals surface area contributed by atoms with Crippen LogP contribution in [0.5, 0.6) is 5.75 Å². The lowest BCUT2D eigenvalue weighted by Gasteiger charge is -2.38. The number of alkyl halides is 1. The molecule has 1 fully saturated rings. The SMILES string of the molecule is CC(C)(Br)C(=O)N1CCN(c2ccccc2O)CC1. The Bertz CT molecular complexity index is 463. The highest BCUT2D eigenvalue weighted by Crippen LogP contribution is 2.28. The van der Waals surface area contributed by atoms with Crippen molar-refractivity contribution in [1.82, 2.24) is 4.90 Å². The second-order valence-corrected chi connectivity index (χ2v) is 7.22. The highest BCUT2D eigenvalue weighted by Gasteiger charge is 2.31. The summed E-state index contributed by atoms with van der Waals surface area (Å²) < 4.78 is -0.510. The van der Waals surface area contributed by atoms with E-state index in [0.717, 1.165) is 18.8 Å². The Hall–Kier alpha value is -1.23. The first-order valence-corrected chi connectivity index (χ1v) is 7.20. The fraction of sp³-hybridized carbons (Fsp3) is 0.500. The Balaban J connectivity index is 2.00.